The molecule has 1 N–H and O–H groups in total. The lowest BCUT2D eigenvalue weighted by Gasteiger charge is -2.27. The Morgan fingerprint density at radius 2 is 2.29 bits per heavy atom. The van der Waals surface area contributed by atoms with Gasteiger partial charge in [-0.15, -0.1) is 0 Å². The standard InChI is InChI=1S/C17H30N2O2/c1-14(2)9-18-10-17-16(6-8-21-17)12-19(3)11-15-5-4-7-20-13-15/h6,8,14-15,18H,4-5,7,9-13H2,1-3H3. The molecule has 1 aliphatic heterocycles. The van der Waals surface area contributed by atoms with Crippen molar-refractivity contribution in [2.45, 2.75) is 39.8 Å². The van der Waals surface area contributed by atoms with Gasteiger partial charge in [-0.25, -0.2) is 0 Å². The molecule has 0 spiro atoms. The minimum absolute atomic E-state index is 0.664. The minimum atomic E-state index is 0.664. The van der Waals surface area contributed by atoms with Gasteiger partial charge >= 0.3 is 0 Å². The summed E-state index contributed by atoms with van der Waals surface area (Å²) in [6.45, 7) is 10.2. The van der Waals surface area contributed by atoms with Crippen molar-refractivity contribution in [1.82, 2.24) is 10.2 Å². The predicted molar refractivity (Wildman–Crippen MR) is 85.1 cm³/mol. The number of hydrogen-bond donors (Lipinski definition) is 1. The number of ether oxygens (including phenoxy) is 1. The van der Waals surface area contributed by atoms with Crippen LogP contribution in [0.1, 0.15) is 38.0 Å². The van der Waals surface area contributed by atoms with Crippen molar-refractivity contribution in [3.05, 3.63) is 23.7 Å². The number of rotatable bonds is 8. The highest BCUT2D eigenvalue weighted by Gasteiger charge is 2.17. The second-order valence-electron chi connectivity index (χ2n) is 6.67. The van der Waals surface area contributed by atoms with Crippen LogP contribution < -0.4 is 5.32 Å². The average molecular weight is 294 g/mol. The normalized spacial score (nSPS) is 19.6. The SMILES string of the molecule is CC(C)CNCc1occc1CN(C)CC1CCCOC1. The van der Waals surface area contributed by atoms with E-state index in [2.05, 4.69) is 37.2 Å². The van der Waals surface area contributed by atoms with Gasteiger partial charge in [-0.3, -0.25) is 0 Å². The van der Waals surface area contributed by atoms with Gasteiger partial charge in [-0.05, 0) is 44.3 Å². The molecule has 1 fully saturated rings. The van der Waals surface area contributed by atoms with Crippen LogP contribution in [-0.2, 0) is 17.8 Å². The van der Waals surface area contributed by atoms with Crippen LogP contribution in [0, 0.1) is 11.8 Å². The van der Waals surface area contributed by atoms with Crippen LogP contribution in [0.3, 0.4) is 0 Å². The second kappa shape index (κ2) is 8.57. The summed E-state index contributed by atoms with van der Waals surface area (Å²) in [4.78, 5) is 2.39. The smallest absolute Gasteiger partial charge is 0.122 e. The summed E-state index contributed by atoms with van der Waals surface area (Å²) in [5, 5.41) is 3.45. The molecule has 0 aliphatic carbocycles. The highest BCUT2D eigenvalue weighted by atomic mass is 16.5. The quantitative estimate of drug-likeness (QED) is 0.800. The van der Waals surface area contributed by atoms with Gasteiger partial charge in [-0.2, -0.15) is 0 Å². The summed E-state index contributed by atoms with van der Waals surface area (Å²) >= 11 is 0. The fourth-order valence-electron chi connectivity index (χ4n) is 2.88. The Morgan fingerprint density at radius 1 is 1.43 bits per heavy atom. The Hall–Kier alpha value is -0.840. The zero-order chi connectivity index (χ0) is 15.1. The van der Waals surface area contributed by atoms with Crippen LogP contribution in [0.25, 0.3) is 0 Å². The first-order valence-corrected chi connectivity index (χ1v) is 8.17. The Kier molecular flexibility index (Phi) is 6.74. The molecular formula is C17H30N2O2. The van der Waals surface area contributed by atoms with Gasteiger partial charge < -0.3 is 19.4 Å². The third-order valence-electron chi connectivity index (χ3n) is 3.94. The maximum atomic E-state index is 5.62. The Balaban J connectivity index is 1.77. The van der Waals surface area contributed by atoms with E-state index < -0.39 is 0 Å². The maximum absolute atomic E-state index is 5.62. The van der Waals surface area contributed by atoms with Gasteiger partial charge in [0.2, 0.25) is 0 Å². The van der Waals surface area contributed by atoms with E-state index in [-0.39, 0.29) is 0 Å². The fraction of sp³-hybridized carbons (Fsp3) is 0.765. The molecule has 1 saturated heterocycles. The lowest BCUT2D eigenvalue weighted by molar-refractivity contribution is 0.0411. The molecule has 1 aromatic heterocycles. The first kappa shape index (κ1) is 16.5. The number of nitrogens with one attached hydrogen (secondary N) is 1. The number of nitrogens with zero attached hydrogens (tertiary/aromatic N) is 1. The predicted octanol–water partition coefficient (Wildman–Crippen LogP) is 2.88. The molecular weight excluding hydrogens is 264 g/mol. The highest BCUT2D eigenvalue weighted by Crippen LogP contribution is 2.17. The van der Waals surface area contributed by atoms with Gasteiger partial charge in [0.05, 0.1) is 19.4 Å². The molecule has 0 saturated carbocycles. The summed E-state index contributed by atoms with van der Waals surface area (Å²) < 4.78 is 11.2. The zero-order valence-electron chi connectivity index (χ0n) is 13.7. The molecule has 4 nitrogen and oxygen atoms in total. The van der Waals surface area contributed by atoms with Gasteiger partial charge in [0, 0.05) is 25.3 Å². The monoisotopic (exact) mass is 294 g/mol. The second-order valence-corrected chi connectivity index (χ2v) is 6.67. The van der Waals surface area contributed by atoms with E-state index in [0.29, 0.717) is 11.8 Å². The van der Waals surface area contributed by atoms with E-state index in [9.17, 15) is 0 Å². The first-order chi connectivity index (χ1) is 10.1. The van der Waals surface area contributed by atoms with E-state index in [1.165, 1.54) is 18.4 Å². The summed E-state index contributed by atoms with van der Waals surface area (Å²) in [5.74, 6) is 2.41. The van der Waals surface area contributed by atoms with E-state index in [1.807, 2.05) is 0 Å². The molecule has 0 aromatic carbocycles. The van der Waals surface area contributed by atoms with E-state index >= 15 is 0 Å². The van der Waals surface area contributed by atoms with Crippen molar-refractivity contribution in [2.75, 3.05) is 33.4 Å². The third-order valence-corrected chi connectivity index (χ3v) is 3.94. The molecule has 2 rings (SSSR count). The summed E-state index contributed by atoms with van der Waals surface area (Å²) in [7, 11) is 2.19. The summed E-state index contributed by atoms with van der Waals surface area (Å²) in [5.41, 5.74) is 1.30. The minimum Gasteiger partial charge on any atom is -0.468 e. The molecule has 120 valence electrons. The van der Waals surface area contributed by atoms with Gasteiger partial charge in [0.1, 0.15) is 5.76 Å². The molecule has 4 heteroatoms. The number of furan rings is 1. The fourth-order valence-corrected chi connectivity index (χ4v) is 2.88. The summed E-state index contributed by atoms with van der Waals surface area (Å²) in [6, 6.07) is 2.10. The molecule has 0 amide bonds. The van der Waals surface area contributed by atoms with E-state index in [0.717, 1.165) is 45.2 Å². The maximum Gasteiger partial charge on any atom is 0.122 e. The Morgan fingerprint density at radius 3 is 3.00 bits per heavy atom. The van der Waals surface area contributed by atoms with Gasteiger partial charge in [0.15, 0.2) is 0 Å². The third kappa shape index (κ3) is 5.81. The molecule has 2 heterocycles. The zero-order valence-corrected chi connectivity index (χ0v) is 13.7. The van der Waals surface area contributed by atoms with E-state index in [1.54, 1.807) is 6.26 Å². The summed E-state index contributed by atoms with van der Waals surface area (Å²) in [6.07, 6.45) is 4.30. The van der Waals surface area contributed by atoms with Crippen molar-refractivity contribution < 1.29 is 9.15 Å². The van der Waals surface area contributed by atoms with Crippen LogP contribution in [0.4, 0.5) is 0 Å². The van der Waals surface area contributed by atoms with Crippen molar-refractivity contribution >= 4 is 0 Å². The van der Waals surface area contributed by atoms with E-state index in [4.69, 9.17) is 9.15 Å². The van der Waals surface area contributed by atoms with Crippen LogP contribution >= 0.6 is 0 Å². The van der Waals surface area contributed by atoms with Crippen molar-refractivity contribution in [3.63, 3.8) is 0 Å². The molecule has 21 heavy (non-hydrogen) atoms. The van der Waals surface area contributed by atoms with Crippen LogP contribution in [-0.4, -0.2) is 38.3 Å². The van der Waals surface area contributed by atoms with Crippen molar-refractivity contribution in [2.24, 2.45) is 11.8 Å². The van der Waals surface area contributed by atoms with Gasteiger partial charge in [-0.1, -0.05) is 13.8 Å². The molecule has 0 radical (unpaired) electrons. The van der Waals surface area contributed by atoms with Crippen molar-refractivity contribution in [1.29, 1.82) is 0 Å². The average Bonchev–Trinajstić information content (AvgIpc) is 2.87. The Labute approximate surface area is 128 Å². The lowest BCUT2D eigenvalue weighted by atomic mass is 10.0. The topological polar surface area (TPSA) is 37.6 Å². The van der Waals surface area contributed by atoms with Crippen LogP contribution in [0.5, 0.6) is 0 Å². The molecule has 0 bridgehead atoms. The molecule has 1 aliphatic rings. The largest absolute Gasteiger partial charge is 0.468 e. The van der Waals surface area contributed by atoms with Crippen molar-refractivity contribution in [3.8, 4) is 0 Å². The van der Waals surface area contributed by atoms with Crippen LogP contribution in [0.15, 0.2) is 16.7 Å². The highest BCUT2D eigenvalue weighted by molar-refractivity contribution is 5.16. The lowest BCUT2D eigenvalue weighted by Crippen LogP contribution is -2.30. The van der Waals surface area contributed by atoms with Crippen LogP contribution in [0.2, 0.25) is 0 Å². The van der Waals surface area contributed by atoms with Gasteiger partial charge in [0.25, 0.3) is 0 Å². The molecule has 1 aromatic rings. The Bertz CT molecular complexity index is 397. The molecule has 1 atom stereocenters. The number of hydrogen-bond acceptors (Lipinski definition) is 4. The molecule has 1 unspecified atom stereocenters. The first-order valence-electron chi connectivity index (χ1n) is 8.17.